The van der Waals surface area contributed by atoms with E-state index in [0.29, 0.717) is 11.2 Å². The van der Waals surface area contributed by atoms with Crippen molar-refractivity contribution >= 4 is 39.1 Å². The Kier molecular flexibility index (Phi) is 5.17. The van der Waals surface area contributed by atoms with Gasteiger partial charge in [-0.1, -0.05) is 62.9 Å². The molecule has 2 heterocycles. The minimum Gasteiger partial charge on any atom is -0.383 e. The molecule has 0 aliphatic heterocycles. The second-order valence-corrected chi connectivity index (χ2v) is 10.6. The van der Waals surface area contributed by atoms with Gasteiger partial charge in [-0.3, -0.25) is 0 Å². The normalized spacial score (nSPS) is 17.2. The largest absolute Gasteiger partial charge is 0.383 e. The topological polar surface area (TPSA) is 51.8 Å². The lowest BCUT2D eigenvalue weighted by Gasteiger charge is -2.33. The number of aromatic nitrogens is 2. The van der Waals surface area contributed by atoms with Gasteiger partial charge in [0, 0.05) is 10.6 Å². The van der Waals surface area contributed by atoms with E-state index in [1.165, 1.54) is 22.4 Å². The minimum atomic E-state index is 0.351. The van der Waals surface area contributed by atoms with Gasteiger partial charge in [-0.2, -0.15) is 0 Å². The Morgan fingerprint density at radius 3 is 2.70 bits per heavy atom. The fourth-order valence-electron chi connectivity index (χ4n) is 3.89. The predicted molar refractivity (Wildman–Crippen MR) is 118 cm³/mol. The zero-order chi connectivity index (χ0) is 19.0. The maximum atomic E-state index is 6.37. The van der Waals surface area contributed by atoms with Crippen LogP contribution in [0.2, 0.25) is 0 Å². The van der Waals surface area contributed by atoms with Crippen molar-refractivity contribution in [3.8, 4) is 0 Å². The molecule has 0 bridgehead atoms. The lowest BCUT2D eigenvalue weighted by atomic mass is 9.72. The second kappa shape index (κ2) is 7.44. The minimum absolute atomic E-state index is 0.351. The van der Waals surface area contributed by atoms with Crippen molar-refractivity contribution in [3.63, 3.8) is 0 Å². The number of thiophene rings is 1. The zero-order valence-corrected chi connectivity index (χ0v) is 17.9. The third-order valence-electron chi connectivity index (χ3n) is 5.61. The summed E-state index contributed by atoms with van der Waals surface area (Å²) in [6.45, 7) is 7.06. The molecule has 0 fully saturated rings. The molecular formula is C22H27N3S2. The molecule has 1 aliphatic rings. The molecule has 0 saturated carbocycles. The molecule has 0 amide bonds. The SMILES string of the molecule is CC(C)(C)[C@H]1CCc2c(sc3nc(SCCc4ccccc4)nc(N)c23)C1. The number of rotatable bonds is 4. The van der Waals surface area contributed by atoms with Crippen LogP contribution >= 0.6 is 23.1 Å². The van der Waals surface area contributed by atoms with Gasteiger partial charge < -0.3 is 5.73 Å². The number of fused-ring (bicyclic) bond motifs is 3. The number of hydrogen-bond acceptors (Lipinski definition) is 5. The van der Waals surface area contributed by atoms with Gasteiger partial charge in [-0.25, -0.2) is 9.97 Å². The Labute approximate surface area is 169 Å². The monoisotopic (exact) mass is 397 g/mol. The Hall–Kier alpha value is -1.59. The Balaban J connectivity index is 1.54. The van der Waals surface area contributed by atoms with E-state index in [1.807, 2.05) is 11.3 Å². The summed E-state index contributed by atoms with van der Waals surface area (Å²) >= 11 is 3.53. The van der Waals surface area contributed by atoms with Crippen LogP contribution in [0.25, 0.3) is 10.2 Å². The molecule has 0 unspecified atom stereocenters. The first kappa shape index (κ1) is 18.8. The van der Waals surface area contributed by atoms with E-state index >= 15 is 0 Å². The molecular weight excluding hydrogens is 370 g/mol. The smallest absolute Gasteiger partial charge is 0.190 e. The number of nitrogens with two attached hydrogens (primary N) is 1. The van der Waals surface area contributed by atoms with Gasteiger partial charge in [0.25, 0.3) is 0 Å². The highest BCUT2D eigenvalue weighted by Gasteiger charge is 2.31. The molecule has 0 radical (unpaired) electrons. The maximum Gasteiger partial charge on any atom is 0.190 e. The molecule has 0 saturated heterocycles. The predicted octanol–water partition coefficient (Wildman–Crippen LogP) is 5.76. The van der Waals surface area contributed by atoms with E-state index in [4.69, 9.17) is 10.7 Å². The highest BCUT2D eigenvalue weighted by atomic mass is 32.2. The third-order valence-corrected chi connectivity index (χ3v) is 7.60. The first-order chi connectivity index (χ1) is 12.9. The number of anilines is 1. The number of nitrogen functional groups attached to an aromatic ring is 1. The zero-order valence-electron chi connectivity index (χ0n) is 16.3. The quantitative estimate of drug-likeness (QED) is 0.449. The number of nitrogens with zero attached hydrogens (tertiary/aromatic N) is 2. The molecule has 142 valence electrons. The molecule has 0 spiro atoms. The highest BCUT2D eigenvalue weighted by molar-refractivity contribution is 7.99. The molecule has 3 aromatic rings. The van der Waals surface area contributed by atoms with E-state index < -0.39 is 0 Å². The fraction of sp³-hybridized carbons (Fsp3) is 0.455. The lowest BCUT2D eigenvalue weighted by Crippen LogP contribution is -2.26. The van der Waals surface area contributed by atoms with E-state index in [2.05, 4.69) is 56.1 Å². The second-order valence-electron chi connectivity index (χ2n) is 8.47. The van der Waals surface area contributed by atoms with Crippen LogP contribution in [-0.2, 0) is 19.3 Å². The summed E-state index contributed by atoms with van der Waals surface area (Å²) in [7, 11) is 0. The van der Waals surface area contributed by atoms with Crippen LogP contribution in [0, 0.1) is 11.3 Å². The average Bonchev–Trinajstić information content (AvgIpc) is 3.00. The first-order valence-corrected chi connectivity index (χ1v) is 11.5. The van der Waals surface area contributed by atoms with Crippen molar-refractivity contribution in [1.29, 1.82) is 0 Å². The molecule has 4 rings (SSSR count). The number of aryl methyl sites for hydroxylation is 2. The van der Waals surface area contributed by atoms with Gasteiger partial charge in [0.1, 0.15) is 10.6 Å². The van der Waals surface area contributed by atoms with Crippen molar-refractivity contribution in [3.05, 3.63) is 46.3 Å². The molecule has 2 aromatic heterocycles. The number of thioether (sulfide) groups is 1. The Bertz CT molecular complexity index is 942. The summed E-state index contributed by atoms with van der Waals surface area (Å²) < 4.78 is 0. The van der Waals surface area contributed by atoms with Gasteiger partial charge in [0.15, 0.2) is 5.16 Å². The summed E-state index contributed by atoms with van der Waals surface area (Å²) in [5, 5.41) is 1.93. The first-order valence-electron chi connectivity index (χ1n) is 9.66. The Morgan fingerprint density at radius 1 is 1.19 bits per heavy atom. The standard InChI is InChI=1S/C22H27N3S2/c1-22(2,3)15-9-10-16-17(13-15)27-20-18(16)19(23)24-21(25-20)26-12-11-14-7-5-4-6-8-14/h4-8,15H,9-13H2,1-3H3,(H2,23,24,25)/t15-/m0/s1. The van der Waals surface area contributed by atoms with Gasteiger partial charge in [0.2, 0.25) is 0 Å². The van der Waals surface area contributed by atoms with E-state index in [9.17, 15) is 0 Å². The van der Waals surface area contributed by atoms with Crippen LogP contribution in [-0.4, -0.2) is 15.7 Å². The molecule has 1 aromatic carbocycles. The van der Waals surface area contributed by atoms with Crippen LogP contribution in [0.4, 0.5) is 5.82 Å². The molecule has 5 heteroatoms. The van der Waals surface area contributed by atoms with Gasteiger partial charge >= 0.3 is 0 Å². The number of benzene rings is 1. The van der Waals surface area contributed by atoms with Crippen LogP contribution < -0.4 is 5.73 Å². The Morgan fingerprint density at radius 2 is 1.96 bits per heavy atom. The maximum absolute atomic E-state index is 6.37. The van der Waals surface area contributed by atoms with Crippen molar-refractivity contribution in [2.24, 2.45) is 11.3 Å². The van der Waals surface area contributed by atoms with E-state index in [-0.39, 0.29) is 0 Å². The van der Waals surface area contributed by atoms with Crippen LogP contribution in [0.5, 0.6) is 0 Å². The average molecular weight is 398 g/mol. The summed E-state index contributed by atoms with van der Waals surface area (Å²) in [6, 6.07) is 10.6. The molecule has 1 atom stereocenters. The van der Waals surface area contributed by atoms with Crippen molar-refractivity contribution in [1.82, 2.24) is 9.97 Å². The van der Waals surface area contributed by atoms with Gasteiger partial charge in [-0.05, 0) is 48.1 Å². The summed E-state index contributed by atoms with van der Waals surface area (Å²) in [5.74, 6) is 2.35. The molecule has 2 N–H and O–H groups in total. The third kappa shape index (κ3) is 3.99. The fourth-order valence-corrected chi connectivity index (χ4v) is 6.10. The van der Waals surface area contributed by atoms with Gasteiger partial charge in [0.05, 0.1) is 5.39 Å². The highest BCUT2D eigenvalue weighted by Crippen LogP contribution is 2.44. The molecule has 1 aliphatic carbocycles. The van der Waals surface area contributed by atoms with Gasteiger partial charge in [-0.15, -0.1) is 11.3 Å². The van der Waals surface area contributed by atoms with Crippen molar-refractivity contribution < 1.29 is 0 Å². The van der Waals surface area contributed by atoms with Crippen molar-refractivity contribution in [2.45, 2.75) is 51.6 Å². The number of hydrogen-bond donors (Lipinski definition) is 1. The summed E-state index contributed by atoms with van der Waals surface area (Å²) in [5.41, 5.74) is 9.48. The molecule has 3 nitrogen and oxygen atoms in total. The van der Waals surface area contributed by atoms with Crippen molar-refractivity contribution in [2.75, 3.05) is 11.5 Å². The van der Waals surface area contributed by atoms with Crippen LogP contribution in [0.15, 0.2) is 35.5 Å². The van der Waals surface area contributed by atoms with E-state index in [1.54, 1.807) is 11.8 Å². The van der Waals surface area contributed by atoms with Crippen LogP contribution in [0.3, 0.4) is 0 Å². The summed E-state index contributed by atoms with van der Waals surface area (Å²) in [6.07, 6.45) is 4.50. The molecule has 27 heavy (non-hydrogen) atoms. The lowest BCUT2D eigenvalue weighted by molar-refractivity contribution is 0.218. The van der Waals surface area contributed by atoms with Crippen LogP contribution in [0.1, 0.15) is 43.2 Å². The van der Waals surface area contributed by atoms with E-state index in [0.717, 1.165) is 46.3 Å². The summed E-state index contributed by atoms with van der Waals surface area (Å²) in [4.78, 5) is 12.0.